The second kappa shape index (κ2) is 43.8. The molecule has 1 atom stereocenters. The molecule has 0 aromatic heterocycles. The minimum atomic E-state index is -0.807. The molecule has 0 aliphatic heterocycles. The highest BCUT2D eigenvalue weighted by molar-refractivity contribution is 5.72. The quantitative estimate of drug-likeness (QED) is 0.0267. The Bertz CT molecular complexity index is 1020. The molecule has 6 nitrogen and oxygen atoms in total. The van der Waals surface area contributed by atoms with Crippen LogP contribution in [0.5, 0.6) is 0 Å². The third kappa shape index (κ3) is 42.1. The van der Waals surface area contributed by atoms with Gasteiger partial charge in [0.05, 0.1) is 6.42 Å². The summed E-state index contributed by atoms with van der Waals surface area (Å²) in [7, 11) is 0. The molecule has 6 heteroatoms. The molecule has 0 spiro atoms. The van der Waals surface area contributed by atoms with E-state index in [2.05, 4.69) is 69.4 Å². The summed E-state index contributed by atoms with van der Waals surface area (Å²) in [6.07, 6.45) is 52.3. The van der Waals surface area contributed by atoms with Crippen LogP contribution >= 0.6 is 0 Å². The normalized spacial score (nSPS) is 12.6. The molecule has 0 heterocycles. The first kappa shape index (κ1) is 52.1. The molecule has 0 saturated heterocycles. The van der Waals surface area contributed by atoms with Crippen LogP contribution in [0.3, 0.4) is 0 Å². The van der Waals surface area contributed by atoms with Gasteiger partial charge in [-0.05, 0) is 44.9 Å². The second-order valence-electron chi connectivity index (χ2n) is 15.0. The van der Waals surface area contributed by atoms with Gasteiger partial charge in [0.1, 0.15) is 13.2 Å². The number of hydrogen-bond acceptors (Lipinski definition) is 6. The first-order valence-corrected chi connectivity index (χ1v) is 22.8. The van der Waals surface area contributed by atoms with Crippen LogP contribution in [0.1, 0.15) is 213 Å². The number of ether oxygens (including phenoxy) is 3. The largest absolute Gasteiger partial charge is 0.462 e. The van der Waals surface area contributed by atoms with Gasteiger partial charge in [0.2, 0.25) is 0 Å². The lowest BCUT2D eigenvalue weighted by Gasteiger charge is -2.18. The van der Waals surface area contributed by atoms with Gasteiger partial charge in [0.15, 0.2) is 6.10 Å². The molecule has 55 heavy (non-hydrogen) atoms. The molecule has 0 aliphatic carbocycles. The first-order valence-electron chi connectivity index (χ1n) is 22.8. The van der Waals surface area contributed by atoms with Gasteiger partial charge in [-0.15, -0.1) is 0 Å². The van der Waals surface area contributed by atoms with E-state index in [1.165, 1.54) is 103 Å². The van der Waals surface area contributed by atoms with E-state index >= 15 is 0 Å². The zero-order valence-electron chi connectivity index (χ0n) is 35.9. The van der Waals surface area contributed by atoms with E-state index in [9.17, 15) is 14.4 Å². The summed E-state index contributed by atoms with van der Waals surface area (Å²) in [4.78, 5) is 37.6. The van der Waals surface area contributed by atoms with Gasteiger partial charge in [-0.1, -0.05) is 210 Å². The summed E-state index contributed by atoms with van der Waals surface area (Å²) < 4.78 is 16.6. The first-order chi connectivity index (χ1) is 27.0. The highest BCUT2D eigenvalue weighted by Crippen LogP contribution is 2.14. The fourth-order valence-electron chi connectivity index (χ4n) is 6.16. The smallest absolute Gasteiger partial charge is 0.309 e. The maximum absolute atomic E-state index is 12.7. The van der Waals surface area contributed by atoms with Crippen molar-refractivity contribution in [1.82, 2.24) is 0 Å². The van der Waals surface area contributed by atoms with Crippen molar-refractivity contribution in [2.75, 3.05) is 13.2 Å². The SMILES string of the molecule is CC/C=C\C/C=C\C/C=C\C/C=C\C/C=C\CC(=O)OCC(COC(=O)CCCCCCCCCC)OC(=O)CCCCCCCCCCCCCCCC. The van der Waals surface area contributed by atoms with Gasteiger partial charge in [-0.3, -0.25) is 14.4 Å². The summed E-state index contributed by atoms with van der Waals surface area (Å²) in [6.45, 7) is 6.39. The minimum Gasteiger partial charge on any atom is -0.462 e. The minimum absolute atomic E-state index is 0.102. The molecule has 0 radical (unpaired) electrons. The molecule has 0 aromatic carbocycles. The highest BCUT2D eigenvalue weighted by Gasteiger charge is 2.19. The molecule has 0 N–H and O–H groups in total. The van der Waals surface area contributed by atoms with Crippen LogP contribution in [-0.2, 0) is 28.6 Å². The summed E-state index contributed by atoms with van der Waals surface area (Å²) >= 11 is 0. The van der Waals surface area contributed by atoms with Gasteiger partial charge in [0, 0.05) is 12.8 Å². The molecule has 0 saturated carbocycles. The molecular formula is C49H84O6. The van der Waals surface area contributed by atoms with Crippen molar-refractivity contribution >= 4 is 17.9 Å². The maximum Gasteiger partial charge on any atom is 0.309 e. The lowest BCUT2D eigenvalue weighted by atomic mass is 10.0. The van der Waals surface area contributed by atoms with Crippen LogP contribution in [0.15, 0.2) is 60.8 Å². The van der Waals surface area contributed by atoms with Crippen molar-refractivity contribution in [3.05, 3.63) is 60.8 Å². The van der Waals surface area contributed by atoms with Crippen molar-refractivity contribution in [2.24, 2.45) is 0 Å². The molecule has 0 bridgehead atoms. The van der Waals surface area contributed by atoms with Crippen molar-refractivity contribution in [2.45, 2.75) is 219 Å². The predicted molar refractivity (Wildman–Crippen MR) is 233 cm³/mol. The van der Waals surface area contributed by atoms with Gasteiger partial charge in [0.25, 0.3) is 0 Å². The fraction of sp³-hybridized carbons (Fsp3) is 0.735. The third-order valence-corrected chi connectivity index (χ3v) is 9.57. The van der Waals surface area contributed by atoms with Crippen LogP contribution in [-0.4, -0.2) is 37.2 Å². The van der Waals surface area contributed by atoms with E-state index in [4.69, 9.17) is 14.2 Å². The number of carbonyl (C=O) groups excluding carboxylic acids is 3. The number of unbranched alkanes of at least 4 members (excludes halogenated alkanes) is 20. The third-order valence-electron chi connectivity index (χ3n) is 9.57. The highest BCUT2D eigenvalue weighted by atomic mass is 16.6. The van der Waals surface area contributed by atoms with Gasteiger partial charge < -0.3 is 14.2 Å². The average Bonchev–Trinajstić information content (AvgIpc) is 3.18. The maximum atomic E-state index is 12.7. The van der Waals surface area contributed by atoms with Crippen molar-refractivity contribution in [3.8, 4) is 0 Å². The topological polar surface area (TPSA) is 78.9 Å². The average molecular weight is 769 g/mol. The number of allylic oxidation sites excluding steroid dienone is 9. The molecule has 0 amide bonds. The number of hydrogen-bond donors (Lipinski definition) is 0. The van der Waals surface area contributed by atoms with Crippen molar-refractivity contribution in [1.29, 1.82) is 0 Å². The van der Waals surface area contributed by atoms with E-state index in [1.807, 2.05) is 6.08 Å². The Hall–Kier alpha value is -2.89. The second-order valence-corrected chi connectivity index (χ2v) is 15.0. The number of rotatable bonds is 40. The van der Waals surface area contributed by atoms with Crippen LogP contribution < -0.4 is 0 Å². The predicted octanol–water partition coefficient (Wildman–Crippen LogP) is 14.5. The molecule has 1 unspecified atom stereocenters. The van der Waals surface area contributed by atoms with E-state index < -0.39 is 12.1 Å². The van der Waals surface area contributed by atoms with Crippen LogP contribution in [0.4, 0.5) is 0 Å². The number of carbonyl (C=O) groups is 3. The Morgan fingerprint density at radius 2 is 0.709 bits per heavy atom. The standard InChI is InChI=1S/C49H84O6/c1-4-7-10-13-16-19-21-23-25-27-28-30-33-36-39-42-48(51)54-45-46(44-53-47(50)41-38-35-32-18-15-12-9-6-3)55-49(52)43-40-37-34-31-29-26-24-22-20-17-14-11-8-5-2/h7,10,16,19,23,25,28,30,36,39,46H,4-6,8-9,11-15,17-18,20-22,24,26-27,29,31-35,37-38,40-45H2,1-3H3/b10-7-,19-16-,25-23-,30-28-,39-36-. The zero-order chi connectivity index (χ0) is 40.1. The van der Waals surface area contributed by atoms with E-state index in [1.54, 1.807) is 6.08 Å². The van der Waals surface area contributed by atoms with Gasteiger partial charge in [-0.2, -0.15) is 0 Å². The van der Waals surface area contributed by atoms with Crippen molar-refractivity contribution < 1.29 is 28.6 Å². The number of esters is 3. The van der Waals surface area contributed by atoms with Gasteiger partial charge in [-0.25, -0.2) is 0 Å². The Balaban J connectivity index is 4.46. The molecular weight excluding hydrogens is 685 g/mol. The van der Waals surface area contributed by atoms with Crippen LogP contribution in [0.25, 0.3) is 0 Å². The zero-order valence-corrected chi connectivity index (χ0v) is 35.9. The Kier molecular flexibility index (Phi) is 41.5. The molecule has 0 aliphatic rings. The van der Waals surface area contributed by atoms with E-state index in [0.29, 0.717) is 12.8 Å². The lowest BCUT2D eigenvalue weighted by molar-refractivity contribution is -0.166. The lowest BCUT2D eigenvalue weighted by Crippen LogP contribution is -2.30. The summed E-state index contributed by atoms with van der Waals surface area (Å²) in [6, 6.07) is 0. The fourth-order valence-corrected chi connectivity index (χ4v) is 6.16. The van der Waals surface area contributed by atoms with Crippen molar-refractivity contribution in [3.63, 3.8) is 0 Å². The Morgan fingerprint density at radius 1 is 0.382 bits per heavy atom. The molecule has 0 aromatic rings. The molecule has 316 valence electrons. The summed E-state index contributed by atoms with van der Waals surface area (Å²) in [5, 5.41) is 0. The summed E-state index contributed by atoms with van der Waals surface area (Å²) in [5.74, 6) is -1.04. The van der Waals surface area contributed by atoms with Crippen LogP contribution in [0.2, 0.25) is 0 Å². The Labute approximate surface area is 339 Å². The van der Waals surface area contributed by atoms with Gasteiger partial charge >= 0.3 is 17.9 Å². The molecule has 0 rings (SSSR count). The monoisotopic (exact) mass is 769 g/mol. The summed E-state index contributed by atoms with van der Waals surface area (Å²) in [5.41, 5.74) is 0. The van der Waals surface area contributed by atoms with E-state index in [-0.39, 0.29) is 31.6 Å². The van der Waals surface area contributed by atoms with Crippen LogP contribution in [0, 0.1) is 0 Å². The Morgan fingerprint density at radius 3 is 1.11 bits per heavy atom. The van der Waals surface area contributed by atoms with E-state index in [0.717, 1.165) is 70.6 Å². The molecule has 0 fully saturated rings.